The second-order valence-corrected chi connectivity index (χ2v) is 7.46. The van der Waals surface area contributed by atoms with Gasteiger partial charge < -0.3 is 5.11 Å². The van der Waals surface area contributed by atoms with Gasteiger partial charge in [-0.15, -0.1) is 11.3 Å². The van der Waals surface area contributed by atoms with E-state index in [-0.39, 0.29) is 11.5 Å². The van der Waals surface area contributed by atoms with Crippen LogP contribution < -0.4 is 4.72 Å². The zero-order valence-corrected chi connectivity index (χ0v) is 13.1. The molecule has 2 N–H and O–H groups in total. The first-order valence-electron chi connectivity index (χ1n) is 5.99. The van der Waals surface area contributed by atoms with E-state index in [1.54, 1.807) is 19.2 Å². The van der Waals surface area contributed by atoms with Crippen molar-refractivity contribution < 1.29 is 13.5 Å². The van der Waals surface area contributed by atoms with Gasteiger partial charge in [-0.1, -0.05) is 6.07 Å². The number of rotatable bonds is 4. The second-order valence-electron chi connectivity index (χ2n) is 4.58. The highest BCUT2D eigenvalue weighted by Gasteiger charge is 2.20. The van der Waals surface area contributed by atoms with Gasteiger partial charge in [0.2, 0.25) is 0 Å². The molecule has 2 rings (SSSR count). The Morgan fingerprint density at radius 1 is 1.30 bits per heavy atom. The number of hydrogen-bond donors (Lipinski definition) is 2. The van der Waals surface area contributed by atoms with Crippen molar-refractivity contribution in [3.63, 3.8) is 0 Å². The van der Waals surface area contributed by atoms with Gasteiger partial charge in [0.25, 0.3) is 10.0 Å². The summed E-state index contributed by atoms with van der Waals surface area (Å²) in [6, 6.07) is 3.27. The fourth-order valence-corrected chi connectivity index (χ4v) is 4.12. The lowest BCUT2D eigenvalue weighted by Crippen LogP contribution is -2.15. The fourth-order valence-electron chi connectivity index (χ4n) is 1.84. The summed E-state index contributed by atoms with van der Waals surface area (Å²) in [4.78, 5) is 5.11. The quantitative estimate of drug-likeness (QED) is 0.908. The van der Waals surface area contributed by atoms with Gasteiger partial charge in [0.1, 0.15) is 0 Å². The normalized spacial score (nSPS) is 11.6. The second kappa shape index (κ2) is 5.51. The number of sulfonamides is 1. The molecule has 0 saturated carbocycles. The van der Waals surface area contributed by atoms with E-state index in [0.717, 1.165) is 10.4 Å². The highest BCUT2D eigenvalue weighted by molar-refractivity contribution is 7.93. The number of aromatic nitrogens is 1. The number of anilines is 1. The molecule has 1 heterocycles. The van der Waals surface area contributed by atoms with Crippen LogP contribution in [0.4, 0.5) is 5.13 Å². The first-order chi connectivity index (χ1) is 9.33. The third-order valence-corrected chi connectivity index (χ3v) is 5.42. The molecule has 0 saturated heterocycles. The molecule has 0 fully saturated rings. The van der Waals surface area contributed by atoms with Crippen molar-refractivity contribution in [1.29, 1.82) is 0 Å². The predicted octanol–water partition coefficient (Wildman–Crippen LogP) is 2.36. The van der Waals surface area contributed by atoms with Crippen molar-refractivity contribution in [1.82, 2.24) is 4.98 Å². The van der Waals surface area contributed by atoms with Crippen LogP contribution in [-0.2, 0) is 16.6 Å². The van der Waals surface area contributed by atoms with Crippen LogP contribution in [0, 0.1) is 20.8 Å². The van der Waals surface area contributed by atoms with Crippen LogP contribution in [-0.4, -0.2) is 18.5 Å². The third kappa shape index (κ3) is 3.00. The van der Waals surface area contributed by atoms with Gasteiger partial charge in [-0.2, -0.15) is 0 Å². The largest absolute Gasteiger partial charge is 0.392 e. The maximum atomic E-state index is 12.4. The molecule has 0 amide bonds. The van der Waals surface area contributed by atoms with Crippen molar-refractivity contribution in [2.75, 3.05) is 4.72 Å². The number of nitrogens with zero attached hydrogens (tertiary/aromatic N) is 1. The van der Waals surface area contributed by atoms with Crippen LogP contribution in [0.15, 0.2) is 23.2 Å². The molecule has 0 aliphatic carbocycles. The van der Waals surface area contributed by atoms with Crippen LogP contribution in [0.5, 0.6) is 0 Å². The minimum Gasteiger partial charge on any atom is -0.392 e. The summed E-state index contributed by atoms with van der Waals surface area (Å²) in [5.74, 6) is 0. The van der Waals surface area contributed by atoms with Crippen molar-refractivity contribution in [3.05, 3.63) is 39.9 Å². The zero-order valence-electron chi connectivity index (χ0n) is 11.5. The van der Waals surface area contributed by atoms with E-state index in [1.807, 2.05) is 13.8 Å². The van der Waals surface area contributed by atoms with Gasteiger partial charge in [-0.05, 0) is 43.5 Å². The summed E-state index contributed by atoms with van der Waals surface area (Å²) < 4.78 is 27.3. The van der Waals surface area contributed by atoms with E-state index in [4.69, 9.17) is 0 Å². The number of thiazole rings is 1. The highest BCUT2D eigenvalue weighted by atomic mass is 32.2. The molecule has 0 radical (unpaired) electrons. The Morgan fingerprint density at radius 2 is 2.00 bits per heavy atom. The van der Waals surface area contributed by atoms with Crippen molar-refractivity contribution in [3.8, 4) is 0 Å². The van der Waals surface area contributed by atoms with Gasteiger partial charge in [0.05, 0.1) is 11.5 Å². The third-order valence-electron chi connectivity index (χ3n) is 2.99. The predicted molar refractivity (Wildman–Crippen MR) is 79.5 cm³/mol. The molecule has 1 aromatic heterocycles. The van der Waals surface area contributed by atoms with Crippen LogP contribution in [0.3, 0.4) is 0 Å². The van der Waals surface area contributed by atoms with Crippen LogP contribution in [0.1, 0.15) is 21.6 Å². The minimum atomic E-state index is -3.70. The summed E-state index contributed by atoms with van der Waals surface area (Å²) >= 11 is 1.28. The molecule has 0 spiro atoms. The van der Waals surface area contributed by atoms with Crippen molar-refractivity contribution in [2.24, 2.45) is 0 Å². The van der Waals surface area contributed by atoms with E-state index in [1.165, 1.54) is 17.4 Å². The molecule has 0 atom stereocenters. The number of aliphatic hydroxyl groups excluding tert-OH is 1. The molecular weight excluding hydrogens is 296 g/mol. The Labute approximate surface area is 122 Å². The number of hydrogen-bond acceptors (Lipinski definition) is 5. The molecule has 0 unspecified atom stereocenters. The lowest BCUT2D eigenvalue weighted by Gasteiger charge is -2.12. The summed E-state index contributed by atoms with van der Waals surface area (Å²) in [5.41, 5.74) is 2.07. The molecule has 108 valence electrons. The molecule has 0 bridgehead atoms. The Kier molecular flexibility index (Phi) is 4.12. The van der Waals surface area contributed by atoms with Crippen LogP contribution in [0.25, 0.3) is 0 Å². The SMILES string of the molecule is Cc1cnc(NS(=O)(=O)c2cc(CO)cc(C)c2C)s1. The Hall–Kier alpha value is -1.44. The maximum absolute atomic E-state index is 12.4. The first-order valence-corrected chi connectivity index (χ1v) is 8.29. The molecule has 0 aliphatic heterocycles. The summed E-state index contributed by atoms with van der Waals surface area (Å²) in [6.45, 7) is 5.23. The molecule has 7 heteroatoms. The van der Waals surface area contributed by atoms with E-state index in [9.17, 15) is 13.5 Å². The van der Waals surface area contributed by atoms with Gasteiger partial charge in [-0.3, -0.25) is 4.72 Å². The number of aliphatic hydroxyl groups is 1. The lowest BCUT2D eigenvalue weighted by molar-refractivity contribution is 0.281. The zero-order chi connectivity index (χ0) is 14.9. The van der Waals surface area contributed by atoms with Gasteiger partial charge in [0.15, 0.2) is 5.13 Å². The average molecular weight is 312 g/mol. The highest BCUT2D eigenvalue weighted by Crippen LogP contribution is 2.25. The Bertz CT molecular complexity index is 736. The first kappa shape index (κ1) is 15.0. The molecule has 5 nitrogen and oxygen atoms in total. The fraction of sp³-hybridized carbons (Fsp3) is 0.308. The van der Waals surface area contributed by atoms with E-state index < -0.39 is 10.0 Å². The topological polar surface area (TPSA) is 79.3 Å². The number of nitrogens with one attached hydrogen (secondary N) is 1. The Balaban J connectivity index is 2.46. The van der Waals surface area contributed by atoms with Crippen LogP contribution >= 0.6 is 11.3 Å². The van der Waals surface area contributed by atoms with Crippen LogP contribution in [0.2, 0.25) is 0 Å². The standard InChI is InChI=1S/C13H16N2O3S2/c1-8-4-11(7-16)5-12(10(8)3)20(17,18)15-13-14-6-9(2)19-13/h4-6,16H,7H2,1-3H3,(H,14,15). The summed E-state index contributed by atoms with van der Waals surface area (Å²) in [7, 11) is -3.70. The van der Waals surface area contributed by atoms with Gasteiger partial charge in [0, 0.05) is 11.1 Å². The van der Waals surface area contributed by atoms with E-state index in [0.29, 0.717) is 16.3 Å². The van der Waals surface area contributed by atoms with E-state index in [2.05, 4.69) is 9.71 Å². The van der Waals surface area contributed by atoms with E-state index >= 15 is 0 Å². The monoisotopic (exact) mass is 312 g/mol. The van der Waals surface area contributed by atoms with Gasteiger partial charge >= 0.3 is 0 Å². The smallest absolute Gasteiger partial charge is 0.263 e. The molecule has 2 aromatic rings. The summed E-state index contributed by atoms with van der Waals surface area (Å²) in [5, 5.41) is 9.55. The Morgan fingerprint density at radius 3 is 2.55 bits per heavy atom. The molecule has 0 aliphatic rings. The van der Waals surface area contributed by atoms with Gasteiger partial charge in [-0.25, -0.2) is 13.4 Å². The lowest BCUT2D eigenvalue weighted by atomic mass is 10.1. The molecule has 1 aromatic carbocycles. The van der Waals surface area contributed by atoms with Crippen molar-refractivity contribution in [2.45, 2.75) is 32.3 Å². The molecule has 20 heavy (non-hydrogen) atoms. The average Bonchev–Trinajstić information content (AvgIpc) is 2.76. The van der Waals surface area contributed by atoms with Crippen molar-refractivity contribution >= 4 is 26.5 Å². The molecular formula is C13H16N2O3S2. The number of aryl methyl sites for hydroxylation is 2. The summed E-state index contributed by atoms with van der Waals surface area (Å²) in [6.07, 6.45) is 1.62. The maximum Gasteiger partial charge on any atom is 0.263 e. The minimum absolute atomic E-state index is 0.175. The number of benzene rings is 1.